The molecule has 0 aromatic heterocycles. The molecule has 0 radical (unpaired) electrons. The number of halogens is 3. The van der Waals surface area contributed by atoms with Crippen LogP contribution in [0, 0.1) is 11.6 Å². The molecular formula is C16H14ClF2NO. The molecule has 0 bridgehead atoms. The zero-order chi connectivity index (χ0) is 15.0. The van der Waals surface area contributed by atoms with Crippen molar-refractivity contribution in [3.63, 3.8) is 0 Å². The van der Waals surface area contributed by atoms with E-state index in [1.165, 1.54) is 0 Å². The van der Waals surface area contributed by atoms with Gasteiger partial charge in [0.15, 0.2) is 5.82 Å². The fourth-order valence-electron chi connectivity index (χ4n) is 2.46. The van der Waals surface area contributed by atoms with E-state index in [9.17, 15) is 8.78 Å². The Kier molecular flexibility index (Phi) is 3.72. The van der Waals surface area contributed by atoms with Crippen LogP contribution in [0.4, 0.5) is 14.5 Å². The summed E-state index contributed by atoms with van der Waals surface area (Å²) < 4.78 is 32.3. The van der Waals surface area contributed by atoms with E-state index in [1.54, 1.807) is 0 Å². The number of hydrogen-bond donors (Lipinski definition) is 1. The van der Waals surface area contributed by atoms with Gasteiger partial charge in [0.25, 0.3) is 0 Å². The highest BCUT2D eigenvalue weighted by Crippen LogP contribution is 2.32. The van der Waals surface area contributed by atoms with Gasteiger partial charge in [-0.15, -0.1) is 0 Å². The van der Waals surface area contributed by atoms with Crippen LogP contribution >= 0.6 is 11.6 Å². The summed E-state index contributed by atoms with van der Waals surface area (Å²) >= 11 is 5.90. The maximum Gasteiger partial charge on any atom is 0.150 e. The molecule has 3 rings (SSSR count). The first-order valence-electron chi connectivity index (χ1n) is 6.71. The minimum atomic E-state index is -0.698. The van der Waals surface area contributed by atoms with E-state index in [2.05, 4.69) is 5.32 Å². The maximum atomic E-state index is 13.8. The van der Waals surface area contributed by atoms with Crippen LogP contribution < -0.4 is 10.1 Å². The fraction of sp³-hybridized carbons (Fsp3) is 0.250. The van der Waals surface area contributed by atoms with E-state index in [0.29, 0.717) is 6.61 Å². The van der Waals surface area contributed by atoms with Gasteiger partial charge in [0.1, 0.15) is 11.6 Å². The minimum Gasteiger partial charge on any atom is -0.493 e. The van der Waals surface area contributed by atoms with Gasteiger partial charge in [0.2, 0.25) is 0 Å². The lowest BCUT2D eigenvalue weighted by Gasteiger charge is -2.18. The highest BCUT2D eigenvalue weighted by molar-refractivity contribution is 6.33. The number of fused-ring (bicyclic) bond motifs is 1. The third-order valence-electron chi connectivity index (χ3n) is 3.58. The van der Waals surface area contributed by atoms with Crippen LogP contribution in [-0.4, -0.2) is 6.61 Å². The number of hydrogen-bond acceptors (Lipinski definition) is 2. The van der Waals surface area contributed by atoms with Crippen molar-refractivity contribution in [1.82, 2.24) is 0 Å². The molecule has 0 fully saturated rings. The molecule has 5 heteroatoms. The van der Waals surface area contributed by atoms with E-state index >= 15 is 0 Å². The van der Waals surface area contributed by atoms with Crippen molar-refractivity contribution in [3.8, 4) is 5.75 Å². The molecule has 110 valence electrons. The van der Waals surface area contributed by atoms with Crippen molar-refractivity contribution >= 4 is 17.3 Å². The number of anilines is 1. The molecule has 21 heavy (non-hydrogen) atoms. The topological polar surface area (TPSA) is 21.3 Å². The molecule has 1 aliphatic rings. The second-order valence-corrected chi connectivity index (χ2v) is 5.48. The summed E-state index contributed by atoms with van der Waals surface area (Å²) in [6, 6.07) is 7.63. The normalized spacial score (nSPS) is 14.5. The molecule has 0 amide bonds. The van der Waals surface area contributed by atoms with Gasteiger partial charge in [-0.3, -0.25) is 0 Å². The third-order valence-corrected chi connectivity index (χ3v) is 3.88. The van der Waals surface area contributed by atoms with Gasteiger partial charge >= 0.3 is 0 Å². The lowest BCUT2D eigenvalue weighted by molar-refractivity contribution is 0.357. The predicted molar refractivity (Wildman–Crippen MR) is 79.0 cm³/mol. The predicted octanol–water partition coefficient (Wildman–Crippen LogP) is 4.73. The molecule has 2 aromatic rings. The molecule has 0 spiro atoms. The average Bonchev–Trinajstić information content (AvgIpc) is 2.89. The van der Waals surface area contributed by atoms with Crippen molar-refractivity contribution in [1.29, 1.82) is 0 Å². The summed E-state index contributed by atoms with van der Waals surface area (Å²) in [6.45, 7) is 2.59. The summed E-state index contributed by atoms with van der Waals surface area (Å²) in [6.07, 6.45) is 0.877. The van der Waals surface area contributed by atoms with Crippen LogP contribution in [0.5, 0.6) is 5.75 Å². The van der Waals surface area contributed by atoms with E-state index in [4.69, 9.17) is 16.3 Å². The Hall–Kier alpha value is -1.81. The Labute approximate surface area is 126 Å². The Morgan fingerprint density at radius 3 is 2.81 bits per heavy atom. The van der Waals surface area contributed by atoms with Crippen molar-refractivity contribution in [2.24, 2.45) is 0 Å². The van der Waals surface area contributed by atoms with Crippen molar-refractivity contribution < 1.29 is 13.5 Å². The lowest BCUT2D eigenvalue weighted by atomic mass is 10.0. The number of rotatable bonds is 3. The first kappa shape index (κ1) is 14.1. The summed E-state index contributed by atoms with van der Waals surface area (Å²) in [7, 11) is 0. The van der Waals surface area contributed by atoms with Crippen LogP contribution in [0.15, 0.2) is 30.3 Å². The molecule has 1 aliphatic heterocycles. The number of nitrogens with one attached hydrogen (secondary N) is 1. The van der Waals surface area contributed by atoms with Crippen LogP contribution in [0.3, 0.4) is 0 Å². The van der Waals surface area contributed by atoms with Crippen molar-refractivity contribution in [2.75, 3.05) is 11.9 Å². The second kappa shape index (κ2) is 5.53. The lowest BCUT2D eigenvalue weighted by Crippen LogP contribution is -2.09. The van der Waals surface area contributed by atoms with E-state index in [1.807, 2.05) is 25.1 Å². The van der Waals surface area contributed by atoms with Gasteiger partial charge in [-0.2, -0.15) is 0 Å². The summed E-state index contributed by atoms with van der Waals surface area (Å²) in [5.41, 5.74) is 2.26. The minimum absolute atomic E-state index is 0.0313. The van der Waals surface area contributed by atoms with E-state index < -0.39 is 11.6 Å². The smallest absolute Gasteiger partial charge is 0.150 e. The quantitative estimate of drug-likeness (QED) is 0.885. The molecular weight excluding hydrogens is 296 g/mol. The van der Waals surface area contributed by atoms with Gasteiger partial charge in [-0.25, -0.2) is 8.78 Å². The molecule has 2 nitrogen and oxygen atoms in total. The Morgan fingerprint density at radius 2 is 2.05 bits per heavy atom. The molecule has 1 heterocycles. The molecule has 0 aliphatic carbocycles. The highest BCUT2D eigenvalue weighted by Gasteiger charge is 2.17. The SMILES string of the molecule is CC(Nc1c(F)cc(F)cc1Cl)c1ccc2c(c1)CCO2. The molecule has 0 saturated carbocycles. The van der Waals surface area contributed by atoms with Crippen molar-refractivity contribution in [3.05, 3.63) is 58.1 Å². The summed E-state index contributed by atoms with van der Waals surface area (Å²) in [5.74, 6) is -0.487. The summed E-state index contributed by atoms with van der Waals surface area (Å²) in [4.78, 5) is 0. The van der Waals surface area contributed by atoms with Crippen LogP contribution in [0.25, 0.3) is 0 Å². The molecule has 0 saturated heterocycles. The van der Waals surface area contributed by atoms with Crippen molar-refractivity contribution in [2.45, 2.75) is 19.4 Å². The van der Waals surface area contributed by atoms with Gasteiger partial charge in [-0.1, -0.05) is 17.7 Å². The second-order valence-electron chi connectivity index (χ2n) is 5.08. The van der Waals surface area contributed by atoms with E-state index in [0.717, 1.165) is 35.4 Å². The fourth-order valence-corrected chi connectivity index (χ4v) is 2.70. The van der Waals surface area contributed by atoms with E-state index in [-0.39, 0.29) is 16.8 Å². The van der Waals surface area contributed by atoms with Crippen LogP contribution in [0.1, 0.15) is 24.1 Å². The first-order chi connectivity index (χ1) is 10.0. The summed E-state index contributed by atoms with van der Waals surface area (Å²) in [5, 5.41) is 3.03. The van der Waals surface area contributed by atoms with Gasteiger partial charge in [0.05, 0.1) is 17.3 Å². The Balaban J connectivity index is 1.85. The number of ether oxygens (including phenoxy) is 1. The van der Waals surface area contributed by atoms with Gasteiger partial charge in [-0.05, 0) is 36.2 Å². The molecule has 1 atom stereocenters. The maximum absolute atomic E-state index is 13.8. The first-order valence-corrected chi connectivity index (χ1v) is 7.09. The van der Waals surface area contributed by atoms with Crippen LogP contribution in [0.2, 0.25) is 5.02 Å². The zero-order valence-corrected chi connectivity index (χ0v) is 12.2. The third kappa shape index (κ3) is 2.81. The van der Waals surface area contributed by atoms with Crippen LogP contribution in [-0.2, 0) is 6.42 Å². The zero-order valence-electron chi connectivity index (χ0n) is 11.4. The number of benzene rings is 2. The monoisotopic (exact) mass is 309 g/mol. The molecule has 2 aromatic carbocycles. The van der Waals surface area contributed by atoms with Gasteiger partial charge in [0, 0.05) is 18.5 Å². The Bertz CT molecular complexity index is 667. The molecule has 1 unspecified atom stereocenters. The standard InChI is InChI=1S/C16H14ClF2NO/c1-9(10-2-3-15-11(6-10)4-5-21-15)20-16-13(17)7-12(18)8-14(16)19/h2-3,6-9,20H,4-5H2,1H3. The largest absolute Gasteiger partial charge is 0.493 e. The van der Waals surface area contributed by atoms with Gasteiger partial charge < -0.3 is 10.1 Å². The average molecular weight is 310 g/mol. The molecule has 1 N–H and O–H groups in total. The highest BCUT2D eigenvalue weighted by atomic mass is 35.5. The Morgan fingerprint density at radius 1 is 1.24 bits per heavy atom.